The van der Waals surface area contributed by atoms with Crippen LogP contribution in [0, 0.1) is 18.2 Å². The van der Waals surface area contributed by atoms with E-state index < -0.39 is 6.04 Å². The Hall–Kier alpha value is -3.94. The summed E-state index contributed by atoms with van der Waals surface area (Å²) >= 11 is 0. The van der Waals surface area contributed by atoms with Crippen molar-refractivity contribution in [3.05, 3.63) is 105 Å². The number of aryl methyl sites for hydroxylation is 1. The van der Waals surface area contributed by atoms with Gasteiger partial charge in [-0.2, -0.15) is 0 Å². The van der Waals surface area contributed by atoms with E-state index in [0.717, 1.165) is 22.5 Å². The van der Waals surface area contributed by atoms with Crippen LogP contribution in [0.1, 0.15) is 35.3 Å². The van der Waals surface area contributed by atoms with Crippen molar-refractivity contribution in [2.45, 2.75) is 26.3 Å². The fourth-order valence-electron chi connectivity index (χ4n) is 3.75. The number of hydrogen-bond donors (Lipinski definition) is 2. The lowest BCUT2D eigenvalue weighted by Crippen LogP contribution is -2.39. The molecule has 4 rings (SSSR count). The van der Waals surface area contributed by atoms with E-state index in [-0.39, 0.29) is 17.0 Å². The Labute approximate surface area is 184 Å². The maximum absolute atomic E-state index is 13.3. The predicted molar refractivity (Wildman–Crippen MR) is 119 cm³/mol. The molecule has 164 valence electrons. The van der Waals surface area contributed by atoms with E-state index in [1.54, 1.807) is 31.8 Å². The molecular weight excluding hydrogens is 409 g/mol. The predicted octanol–water partition coefficient (Wildman–Crippen LogP) is 3.50. The summed E-state index contributed by atoms with van der Waals surface area (Å²) in [6.07, 6.45) is 5.57. The number of halogens is 1. The second-order valence-corrected chi connectivity index (χ2v) is 7.67. The van der Waals surface area contributed by atoms with Gasteiger partial charge in [0.15, 0.2) is 0 Å². The third-order valence-electron chi connectivity index (χ3n) is 5.49. The molecule has 0 radical (unpaired) electrons. The molecule has 0 amide bonds. The number of aromatic amines is 1. The smallest absolute Gasteiger partial charge is 0.258 e. The molecule has 0 saturated heterocycles. The van der Waals surface area contributed by atoms with Crippen LogP contribution in [0.15, 0.2) is 66.0 Å². The third kappa shape index (κ3) is 4.12. The number of nitrogens with zero attached hydrogens (tertiary/aromatic N) is 3. The quantitative estimate of drug-likeness (QED) is 0.488. The number of hydrogen-bond acceptors (Lipinski definition) is 4. The first-order chi connectivity index (χ1) is 15.4. The van der Waals surface area contributed by atoms with Crippen molar-refractivity contribution >= 4 is 0 Å². The van der Waals surface area contributed by atoms with Gasteiger partial charge in [-0.1, -0.05) is 18.2 Å². The highest BCUT2D eigenvalue weighted by molar-refractivity contribution is 5.49. The van der Waals surface area contributed by atoms with Crippen LogP contribution in [0.4, 0.5) is 4.39 Å². The van der Waals surface area contributed by atoms with Gasteiger partial charge in [0.25, 0.3) is 5.56 Å². The molecule has 2 heterocycles. The minimum absolute atomic E-state index is 0.0148. The first-order valence-corrected chi connectivity index (χ1v) is 10.2. The van der Waals surface area contributed by atoms with Gasteiger partial charge in [-0.25, -0.2) is 9.37 Å². The molecule has 0 spiro atoms. The molecule has 8 heteroatoms. The number of methoxy groups -OCH3 is 1. The van der Waals surface area contributed by atoms with Crippen LogP contribution < -0.4 is 15.9 Å². The van der Waals surface area contributed by atoms with E-state index in [4.69, 9.17) is 10.1 Å². The van der Waals surface area contributed by atoms with E-state index in [1.165, 1.54) is 16.7 Å². The van der Waals surface area contributed by atoms with Crippen molar-refractivity contribution in [3.8, 4) is 11.4 Å². The molecule has 1 atom stereocenters. The molecule has 0 aliphatic rings. The van der Waals surface area contributed by atoms with Gasteiger partial charge in [0.1, 0.15) is 11.6 Å². The number of rotatable bonds is 6. The zero-order valence-electron chi connectivity index (χ0n) is 18.1. The van der Waals surface area contributed by atoms with Gasteiger partial charge >= 0.3 is 0 Å². The summed E-state index contributed by atoms with van der Waals surface area (Å²) < 4.78 is 22.1. The fourth-order valence-corrected chi connectivity index (χ4v) is 3.75. The lowest BCUT2D eigenvalue weighted by molar-refractivity contribution is 0.412. The number of H-pyrrole nitrogens is 1. The summed E-state index contributed by atoms with van der Waals surface area (Å²) in [7, 11) is 1.60. The Morgan fingerprint density at radius 1 is 1.22 bits per heavy atom. The minimum Gasteiger partial charge on any atom is -0.495 e. The zero-order chi connectivity index (χ0) is 22.8. The highest BCUT2D eigenvalue weighted by Gasteiger charge is 2.15. The number of imidazole rings is 1. The Bertz CT molecular complexity index is 1370. The molecule has 0 saturated carbocycles. The van der Waals surface area contributed by atoms with Gasteiger partial charge in [0.2, 0.25) is 5.62 Å². The summed E-state index contributed by atoms with van der Waals surface area (Å²) in [5.41, 5.74) is 3.63. The Kier molecular flexibility index (Phi) is 5.77. The van der Waals surface area contributed by atoms with Crippen LogP contribution in [-0.2, 0) is 6.42 Å². The van der Waals surface area contributed by atoms with Gasteiger partial charge in [0.05, 0.1) is 30.9 Å². The van der Waals surface area contributed by atoms with Crippen LogP contribution in [0.25, 0.3) is 5.69 Å². The van der Waals surface area contributed by atoms with Gasteiger partial charge in [-0.15, -0.1) is 0 Å². The Morgan fingerprint density at radius 3 is 2.62 bits per heavy atom. The SMILES string of the molecule is COc1cc(Cc2c[nH]c(=N)n([C@@H](C)c3ccc(F)cc3)c2=O)ccc1-n1cnc(C)c1. The molecule has 32 heavy (non-hydrogen) atoms. The van der Waals surface area contributed by atoms with Crippen molar-refractivity contribution in [3.63, 3.8) is 0 Å². The summed E-state index contributed by atoms with van der Waals surface area (Å²) in [4.78, 5) is 20.4. The van der Waals surface area contributed by atoms with E-state index in [2.05, 4.69) is 9.97 Å². The maximum atomic E-state index is 13.3. The molecule has 2 aromatic heterocycles. The highest BCUT2D eigenvalue weighted by Crippen LogP contribution is 2.25. The summed E-state index contributed by atoms with van der Waals surface area (Å²) in [5, 5.41) is 8.20. The second kappa shape index (κ2) is 8.66. The van der Waals surface area contributed by atoms with Gasteiger partial charge < -0.3 is 14.3 Å². The molecule has 2 N–H and O–H groups in total. The molecule has 7 nitrogen and oxygen atoms in total. The second-order valence-electron chi connectivity index (χ2n) is 7.67. The molecule has 0 bridgehead atoms. The average molecular weight is 433 g/mol. The minimum atomic E-state index is -0.423. The highest BCUT2D eigenvalue weighted by atomic mass is 19.1. The molecule has 4 aromatic rings. The third-order valence-corrected chi connectivity index (χ3v) is 5.49. The van der Waals surface area contributed by atoms with Crippen LogP contribution in [0.2, 0.25) is 0 Å². The van der Waals surface area contributed by atoms with Crippen molar-refractivity contribution < 1.29 is 9.13 Å². The first-order valence-electron chi connectivity index (χ1n) is 10.2. The Morgan fingerprint density at radius 2 is 1.97 bits per heavy atom. The zero-order valence-corrected chi connectivity index (χ0v) is 18.1. The largest absolute Gasteiger partial charge is 0.495 e. The maximum Gasteiger partial charge on any atom is 0.258 e. The number of benzene rings is 2. The molecule has 0 aliphatic heterocycles. The van der Waals surface area contributed by atoms with E-state index >= 15 is 0 Å². The van der Waals surface area contributed by atoms with Crippen molar-refractivity contribution in [1.82, 2.24) is 19.1 Å². The van der Waals surface area contributed by atoms with E-state index in [9.17, 15) is 9.18 Å². The van der Waals surface area contributed by atoms with Crippen molar-refractivity contribution in [2.75, 3.05) is 7.11 Å². The fraction of sp³-hybridized carbons (Fsp3) is 0.208. The van der Waals surface area contributed by atoms with E-state index in [1.807, 2.05) is 42.8 Å². The number of ether oxygens (including phenoxy) is 1. The summed E-state index contributed by atoms with van der Waals surface area (Å²) in [6, 6.07) is 11.3. The lowest BCUT2D eigenvalue weighted by atomic mass is 10.1. The van der Waals surface area contributed by atoms with Crippen molar-refractivity contribution in [2.24, 2.45) is 0 Å². The summed E-state index contributed by atoms with van der Waals surface area (Å²) in [5.74, 6) is 0.323. The molecule has 2 aromatic carbocycles. The van der Waals surface area contributed by atoms with Crippen LogP contribution >= 0.6 is 0 Å². The van der Waals surface area contributed by atoms with E-state index in [0.29, 0.717) is 17.7 Å². The van der Waals surface area contributed by atoms with Crippen molar-refractivity contribution in [1.29, 1.82) is 5.41 Å². The summed E-state index contributed by atoms with van der Waals surface area (Å²) in [6.45, 7) is 3.73. The lowest BCUT2D eigenvalue weighted by Gasteiger charge is -2.17. The monoisotopic (exact) mass is 433 g/mol. The number of nitrogens with one attached hydrogen (secondary N) is 2. The molecular formula is C24H24FN5O2. The Balaban J connectivity index is 1.68. The van der Waals surface area contributed by atoms with Gasteiger partial charge in [0, 0.05) is 24.4 Å². The molecule has 0 aliphatic carbocycles. The first kappa shape index (κ1) is 21.3. The van der Waals surface area contributed by atoms with Crippen LogP contribution in [0.5, 0.6) is 5.75 Å². The standard InChI is InChI=1S/C24H24FN5O2/c1-15-13-29(14-28-15)21-9-4-17(11-22(21)32-3)10-19-12-27-24(26)30(23(19)31)16(2)18-5-7-20(25)8-6-18/h4-9,11-14,16H,10H2,1-3H3,(H2,26,27)/t16-/m0/s1. The average Bonchev–Trinajstić information content (AvgIpc) is 3.22. The molecule has 0 unspecified atom stereocenters. The molecule has 0 fully saturated rings. The number of aromatic nitrogens is 4. The van der Waals surface area contributed by atoms with Crippen LogP contribution in [-0.4, -0.2) is 26.2 Å². The van der Waals surface area contributed by atoms with Gasteiger partial charge in [-0.05, 0) is 49.2 Å². The normalized spacial score (nSPS) is 12.0. The van der Waals surface area contributed by atoms with Crippen LogP contribution in [0.3, 0.4) is 0 Å². The van der Waals surface area contributed by atoms with Gasteiger partial charge in [-0.3, -0.25) is 14.8 Å². The topological polar surface area (TPSA) is 88.7 Å².